The molecule has 2 rings (SSSR count). The highest BCUT2D eigenvalue weighted by atomic mass is 79.9. The highest BCUT2D eigenvalue weighted by Gasteiger charge is 2.34. The van der Waals surface area contributed by atoms with Gasteiger partial charge in [0.2, 0.25) is 0 Å². The lowest BCUT2D eigenvalue weighted by Gasteiger charge is -2.22. The topological polar surface area (TPSA) is 55.8 Å². The SMILES string of the molecule is CN1CC(=O)OB(c2cc(Br)cc(Br)c2)OC(=O)C1. The van der Waals surface area contributed by atoms with Gasteiger partial charge in [0.1, 0.15) is 0 Å². The quantitative estimate of drug-likeness (QED) is 0.668. The fourth-order valence-corrected chi connectivity index (χ4v) is 3.01. The summed E-state index contributed by atoms with van der Waals surface area (Å²) in [7, 11) is 0.640. The number of rotatable bonds is 1. The van der Waals surface area contributed by atoms with E-state index >= 15 is 0 Å². The zero-order valence-electron chi connectivity index (χ0n) is 10.1. The molecule has 5 nitrogen and oxygen atoms in total. The van der Waals surface area contributed by atoms with E-state index in [1.807, 2.05) is 6.07 Å². The van der Waals surface area contributed by atoms with E-state index in [9.17, 15) is 9.59 Å². The molecule has 19 heavy (non-hydrogen) atoms. The van der Waals surface area contributed by atoms with Gasteiger partial charge in [-0.05, 0) is 25.2 Å². The summed E-state index contributed by atoms with van der Waals surface area (Å²) in [5.41, 5.74) is 0.590. The molecule has 1 aliphatic heterocycles. The van der Waals surface area contributed by atoms with E-state index in [0.29, 0.717) is 5.46 Å². The molecule has 0 unspecified atom stereocenters. The van der Waals surface area contributed by atoms with Gasteiger partial charge in [0.05, 0.1) is 13.1 Å². The van der Waals surface area contributed by atoms with Crippen molar-refractivity contribution >= 4 is 56.4 Å². The van der Waals surface area contributed by atoms with Crippen LogP contribution in [0.15, 0.2) is 27.1 Å². The van der Waals surface area contributed by atoms with Crippen LogP contribution in [0, 0.1) is 0 Å². The van der Waals surface area contributed by atoms with Crippen LogP contribution in [-0.2, 0) is 18.9 Å². The lowest BCUT2D eigenvalue weighted by atomic mass is 9.78. The summed E-state index contributed by atoms with van der Waals surface area (Å²) in [5.74, 6) is -0.868. The Labute approximate surface area is 127 Å². The zero-order chi connectivity index (χ0) is 14.0. The summed E-state index contributed by atoms with van der Waals surface area (Å²) in [4.78, 5) is 24.8. The molecule has 1 heterocycles. The van der Waals surface area contributed by atoms with Crippen LogP contribution in [0.4, 0.5) is 0 Å². The Morgan fingerprint density at radius 1 is 1.05 bits per heavy atom. The minimum atomic E-state index is -1.01. The fraction of sp³-hybridized carbons (Fsp3) is 0.273. The molecule has 0 amide bonds. The van der Waals surface area contributed by atoms with E-state index in [1.165, 1.54) is 4.90 Å². The van der Waals surface area contributed by atoms with Crippen LogP contribution in [0.5, 0.6) is 0 Å². The van der Waals surface area contributed by atoms with Crippen molar-refractivity contribution in [1.82, 2.24) is 4.90 Å². The third-order valence-electron chi connectivity index (χ3n) is 2.43. The van der Waals surface area contributed by atoms with Gasteiger partial charge in [-0.2, -0.15) is 0 Å². The smallest absolute Gasteiger partial charge is 0.494 e. The summed E-state index contributed by atoms with van der Waals surface area (Å²) >= 11 is 6.67. The number of likely N-dealkylation sites (N-methyl/N-ethyl adjacent to an activating group) is 1. The molecule has 0 aromatic heterocycles. The predicted octanol–water partition coefficient (Wildman–Crippen LogP) is 0.939. The Morgan fingerprint density at radius 2 is 1.53 bits per heavy atom. The minimum Gasteiger partial charge on any atom is -0.494 e. The first-order valence-corrected chi connectivity index (χ1v) is 7.06. The van der Waals surface area contributed by atoms with Gasteiger partial charge >= 0.3 is 19.1 Å². The molecule has 1 aliphatic rings. The average Bonchev–Trinajstić information content (AvgIpc) is 2.24. The fourth-order valence-electron chi connectivity index (χ4n) is 1.68. The predicted molar refractivity (Wildman–Crippen MR) is 76.9 cm³/mol. The van der Waals surface area contributed by atoms with Crippen LogP contribution < -0.4 is 5.46 Å². The molecule has 0 radical (unpaired) electrons. The largest absolute Gasteiger partial charge is 0.636 e. The van der Waals surface area contributed by atoms with Crippen LogP contribution in [0.25, 0.3) is 0 Å². The number of halogens is 2. The number of hydrogen-bond donors (Lipinski definition) is 0. The van der Waals surface area contributed by atoms with Crippen LogP contribution >= 0.6 is 31.9 Å². The molecule has 0 aliphatic carbocycles. The molecule has 0 spiro atoms. The van der Waals surface area contributed by atoms with Crippen LogP contribution in [-0.4, -0.2) is 44.1 Å². The lowest BCUT2D eigenvalue weighted by molar-refractivity contribution is -0.145. The second kappa shape index (κ2) is 6.07. The summed E-state index contributed by atoms with van der Waals surface area (Å²) in [6.07, 6.45) is 0. The summed E-state index contributed by atoms with van der Waals surface area (Å²) in [6, 6.07) is 5.31. The molecule has 100 valence electrons. The maximum atomic E-state index is 11.6. The van der Waals surface area contributed by atoms with Crippen molar-refractivity contribution < 1.29 is 18.9 Å². The number of hydrogen-bond acceptors (Lipinski definition) is 5. The van der Waals surface area contributed by atoms with Crippen LogP contribution in [0.2, 0.25) is 0 Å². The first kappa shape index (κ1) is 14.6. The second-order valence-corrected chi connectivity index (χ2v) is 6.02. The Balaban J connectivity index is 2.26. The Bertz CT molecular complexity index is 485. The van der Waals surface area contributed by atoms with Gasteiger partial charge in [0.15, 0.2) is 0 Å². The van der Waals surface area contributed by atoms with Gasteiger partial charge in [0.25, 0.3) is 0 Å². The monoisotopic (exact) mass is 389 g/mol. The van der Waals surface area contributed by atoms with Crippen molar-refractivity contribution in [3.63, 3.8) is 0 Å². The van der Waals surface area contributed by atoms with E-state index in [2.05, 4.69) is 31.9 Å². The molecule has 0 bridgehead atoms. The number of nitrogens with zero attached hydrogens (tertiary/aromatic N) is 1. The third-order valence-corrected chi connectivity index (χ3v) is 3.35. The second-order valence-electron chi connectivity index (χ2n) is 4.19. The van der Waals surface area contributed by atoms with Crippen molar-refractivity contribution in [3.8, 4) is 0 Å². The maximum absolute atomic E-state index is 11.6. The molecule has 1 aromatic rings. The Hall–Kier alpha value is -0.855. The van der Waals surface area contributed by atoms with Gasteiger partial charge < -0.3 is 9.31 Å². The molecule has 1 saturated heterocycles. The molecule has 0 saturated carbocycles. The van der Waals surface area contributed by atoms with Gasteiger partial charge in [-0.15, -0.1) is 0 Å². The molecular formula is C11H10BBr2NO4. The molecule has 1 aromatic carbocycles. The minimum absolute atomic E-state index is 0.0563. The number of carbonyl (C=O) groups is 2. The van der Waals surface area contributed by atoms with Crippen molar-refractivity contribution in [2.24, 2.45) is 0 Å². The van der Waals surface area contributed by atoms with Gasteiger partial charge in [0, 0.05) is 14.4 Å². The van der Waals surface area contributed by atoms with Crippen molar-refractivity contribution in [2.75, 3.05) is 20.1 Å². The van der Waals surface area contributed by atoms with E-state index in [-0.39, 0.29) is 13.1 Å². The Morgan fingerprint density at radius 3 is 2.00 bits per heavy atom. The first-order valence-electron chi connectivity index (χ1n) is 5.47. The number of benzene rings is 1. The van der Waals surface area contributed by atoms with Crippen molar-refractivity contribution in [3.05, 3.63) is 27.1 Å². The highest BCUT2D eigenvalue weighted by Crippen LogP contribution is 2.16. The molecule has 1 fully saturated rings. The van der Waals surface area contributed by atoms with Crippen LogP contribution in [0.1, 0.15) is 0 Å². The van der Waals surface area contributed by atoms with E-state index < -0.39 is 19.1 Å². The van der Waals surface area contributed by atoms with E-state index in [4.69, 9.17) is 9.31 Å². The lowest BCUT2D eigenvalue weighted by Crippen LogP contribution is -2.47. The first-order chi connectivity index (χ1) is 8.94. The molecule has 0 atom stereocenters. The highest BCUT2D eigenvalue weighted by molar-refractivity contribution is 9.11. The van der Waals surface area contributed by atoms with Crippen molar-refractivity contribution in [1.29, 1.82) is 0 Å². The average molecular weight is 391 g/mol. The molecular weight excluding hydrogens is 381 g/mol. The van der Waals surface area contributed by atoms with E-state index in [0.717, 1.165) is 8.95 Å². The Kier molecular flexibility index (Phi) is 4.65. The maximum Gasteiger partial charge on any atom is 0.636 e. The van der Waals surface area contributed by atoms with Gasteiger partial charge in [-0.25, -0.2) is 0 Å². The third kappa shape index (κ3) is 4.05. The summed E-state index contributed by atoms with van der Waals surface area (Å²) in [6.45, 7) is 0.113. The molecule has 0 N–H and O–H groups in total. The van der Waals surface area contributed by atoms with E-state index in [1.54, 1.807) is 19.2 Å². The zero-order valence-corrected chi connectivity index (χ0v) is 13.2. The van der Waals surface area contributed by atoms with Crippen molar-refractivity contribution in [2.45, 2.75) is 0 Å². The standard InChI is InChI=1S/C11H10BBr2NO4/c1-15-5-10(16)18-12(19-11(17)6-15)7-2-8(13)4-9(14)3-7/h2-4H,5-6H2,1H3. The number of carbonyl (C=O) groups excluding carboxylic acids is 2. The summed E-state index contributed by atoms with van der Waals surface area (Å²) in [5, 5.41) is 0. The van der Waals surface area contributed by atoms with Crippen LogP contribution in [0.3, 0.4) is 0 Å². The van der Waals surface area contributed by atoms with Gasteiger partial charge in [-0.3, -0.25) is 14.5 Å². The normalized spacial score (nSPS) is 17.5. The molecule has 8 heteroatoms. The summed E-state index contributed by atoms with van der Waals surface area (Å²) < 4.78 is 11.9. The van der Waals surface area contributed by atoms with Gasteiger partial charge in [-0.1, -0.05) is 31.9 Å².